The van der Waals surface area contributed by atoms with E-state index >= 15 is 0 Å². The van der Waals surface area contributed by atoms with E-state index in [0.717, 1.165) is 6.07 Å². The zero-order valence-corrected chi connectivity index (χ0v) is 14.7. The Morgan fingerprint density at radius 2 is 1.58 bits per heavy atom. The normalized spacial score (nSPS) is 10.1. The topological polar surface area (TPSA) is 125 Å². The van der Waals surface area contributed by atoms with E-state index in [1.807, 2.05) is 0 Å². The summed E-state index contributed by atoms with van der Waals surface area (Å²) in [5.74, 6) is -3.86. The van der Waals surface area contributed by atoms with Gasteiger partial charge in [0.2, 0.25) is 0 Å². The molecule has 0 fully saturated rings. The molecule has 136 valence electrons. The van der Waals surface area contributed by atoms with Gasteiger partial charge in [-0.3, -0.25) is 9.59 Å². The Labute approximate surface area is 157 Å². The fourth-order valence-corrected chi connectivity index (χ4v) is 2.40. The third kappa shape index (κ3) is 4.35. The van der Waals surface area contributed by atoms with Gasteiger partial charge < -0.3 is 25.6 Å². The second-order valence-corrected chi connectivity index (χ2v) is 5.76. The first-order valence-electron chi connectivity index (χ1n) is 6.94. The predicted molar refractivity (Wildman–Crippen MR) is 94.8 cm³/mol. The van der Waals surface area contributed by atoms with Crippen molar-refractivity contribution in [2.75, 3.05) is 17.7 Å². The lowest BCUT2D eigenvalue weighted by Crippen LogP contribution is -2.29. The fourth-order valence-electron chi connectivity index (χ4n) is 1.90. The number of hydrogen-bond donors (Lipinski definition) is 4. The van der Waals surface area contributed by atoms with Crippen molar-refractivity contribution in [3.63, 3.8) is 0 Å². The number of ether oxygens (including phenoxy) is 1. The molecule has 8 nitrogen and oxygen atoms in total. The number of carbonyl (C=O) groups excluding carboxylic acids is 3. The lowest BCUT2D eigenvalue weighted by Gasteiger charge is -2.10. The molecule has 0 aromatic heterocycles. The van der Waals surface area contributed by atoms with Crippen LogP contribution in [0.1, 0.15) is 10.4 Å². The molecule has 0 aliphatic rings. The van der Waals surface area contributed by atoms with E-state index in [4.69, 9.17) is 23.2 Å². The quantitative estimate of drug-likeness (QED) is 0.357. The second-order valence-electron chi connectivity index (χ2n) is 4.92. The molecule has 0 aliphatic heterocycles. The zero-order chi connectivity index (χ0) is 19.4. The van der Waals surface area contributed by atoms with E-state index in [1.165, 1.54) is 31.4 Å². The summed E-state index contributed by atoms with van der Waals surface area (Å²) in [5, 5.41) is 24.0. The Bertz CT molecular complexity index is 901. The maximum Gasteiger partial charge on any atom is 0.337 e. The molecule has 0 aliphatic carbocycles. The molecule has 10 heteroatoms. The van der Waals surface area contributed by atoms with E-state index in [9.17, 15) is 24.6 Å². The van der Waals surface area contributed by atoms with E-state index < -0.39 is 29.3 Å². The van der Waals surface area contributed by atoms with Crippen LogP contribution in [0.5, 0.6) is 11.5 Å². The Morgan fingerprint density at radius 3 is 2.15 bits per heavy atom. The predicted octanol–water partition coefficient (Wildman–Crippen LogP) is 2.77. The van der Waals surface area contributed by atoms with Crippen LogP contribution in [-0.4, -0.2) is 35.1 Å². The van der Waals surface area contributed by atoms with Gasteiger partial charge in [0.25, 0.3) is 0 Å². The van der Waals surface area contributed by atoms with Crippen molar-refractivity contribution in [1.82, 2.24) is 0 Å². The SMILES string of the molecule is COC(=O)c1ccc(NC(=O)C(=O)Nc2cc(Cl)cc(Cl)c2O)c(O)c1. The number of amides is 2. The second kappa shape index (κ2) is 7.94. The van der Waals surface area contributed by atoms with Crippen LogP contribution in [0.15, 0.2) is 30.3 Å². The molecular weight excluding hydrogens is 387 g/mol. The van der Waals surface area contributed by atoms with E-state index in [0.29, 0.717) is 0 Å². The molecule has 2 rings (SSSR count). The molecule has 0 saturated heterocycles. The monoisotopic (exact) mass is 398 g/mol. The molecule has 2 amide bonds. The number of aromatic hydroxyl groups is 2. The van der Waals surface area contributed by atoms with Gasteiger partial charge in [0.15, 0.2) is 5.75 Å². The van der Waals surface area contributed by atoms with Gasteiger partial charge >= 0.3 is 17.8 Å². The van der Waals surface area contributed by atoms with Crippen LogP contribution in [0.2, 0.25) is 10.0 Å². The Morgan fingerprint density at radius 1 is 0.962 bits per heavy atom. The maximum atomic E-state index is 12.0. The third-order valence-corrected chi connectivity index (χ3v) is 3.66. The van der Waals surface area contributed by atoms with Gasteiger partial charge in [-0.15, -0.1) is 0 Å². The minimum atomic E-state index is -1.14. The first-order valence-corrected chi connectivity index (χ1v) is 7.70. The van der Waals surface area contributed by atoms with Crippen molar-refractivity contribution in [3.8, 4) is 11.5 Å². The van der Waals surface area contributed by atoms with Crippen LogP contribution in [0.3, 0.4) is 0 Å². The lowest BCUT2D eigenvalue weighted by atomic mass is 10.2. The van der Waals surface area contributed by atoms with Crippen LogP contribution in [0.4, 0.5) is 11.4 Å². The number of nitrogens with one attached hydrogen (secondary N) is 2. The number of methoxy groups -OCH3 is 1. The third-order valence-electron chi connectivity index (χ3n) is 3.15. The summed E-state index contributed by atoms with van der Waals surface area (Å²) in [7, 11) is 1.18. The van der Waals surface area contributed by atoms with Crippen LogP contribution in [-0.2, 0) is 14.3 Å². The van der Waals surface area contributed by atoms with Gasteiger partial charge in [-0.1, -0.05) is 23.2 Å². The number of halogens is 2. The average Bonchev–Trinajstić information content (AvgIpc) is 2.59. The van der Waals surface area contributed by atoms with Gasteiger partial charge in [-0.2, -0.15) is 0 Å². The van der Waals surface area contributed by atoms with Crippen molar-refractivity contribution < 1.29 is 29.3 Å². The summed E-state index contributed by atoms with van der Waals surface area (Å²) >= 11 is 11.5. The minimum Gasteiger partial charge on any atom is -0.506 e. The van der Waals surface area contributed by atoms with E-state index in [-0.39, 0.29) is 27.0 Å². The van der Waals surface area contributed by atoms with Crippen LogP contribution < -0.4 is 10.6 Å². The lowest BCUT2D eigenvalue weighted by molar-refractivity contribution is -0.133. The van der Waals surface area contributed by atoms with Crippen LogP contribution >= 0.6 is 23.2 Å². The summed E-state index contributed by atoms with van der Waals surface area (Å²) in [4.78, 5) is 35.3. The molecule has 26 heavy (non-hydrogen) atoms. The highest BCUT2D eigenvalue weighted by molar-refractivity contribution is 6.44. The first kappa shape index (κ1) is 19.4. The van der Waals surface area contributed by atoms with Gasteiger partial charge in [0.1, 0.15) is 5.75 Å². The minimum absolute atomic E-state index is 0.0611. The standard InChI is InChI=1S/C16H12Cl2N2O6/c1-26-16(25)7-2-3-10(12(21)4-7)19-14(23)15(24)20-11-6-8(17)5-9(18)13(11)22/h2-6,21-22H,1H3,(H,19,23)(H,20,24). The fraction of sp³-hybridized carbons (Fsp3) is 0.0625. The van der Waals surface area contributed by atoms with Gasteiger partial charge in [-0.05, 0) is 30.3 Å². The number of rotatable bonds is 3. The molecule has 0 heterocycles. The zero-order valence-electron chi connectivity index (χ0n) is 13.2. The largest absolute Gasteiger partial charge is 0.506 e. The average molecular weight is 399 g/mol. The number of phenols is 2. The molecule has 0 atom stereocenters. The smallest absolute Gasteiger partial charge is 0.337 e. The molecule has 0 spiro atoms. The summed E-state index contributed by atoms with van der Waals surface area (Å²) in [5.41, 5.74) is -0.204. The highest BCUT2D eigenvalue weighted by atomic mass is 35.5. The van der Waals surface area contributed by atoms with Crippen molar-refractivity contribution in [2.24, 2.45) is 0 Å². The summed E-state index contributed by atoms with van der Waals surface area (Å²) in [6.45, 7) is 0. The highest BCUT2D eigenvalue weighted by Crippen LogP contribution is 2.35. The number of anilines is 2. The van der Waals surface area contributed by atoms with E-state index in [1.54, 1.807) is 0 Å². The van der Waals surface area contributed by atoms with Gasteiger partial charge in [0.05, 0.1) is 29.1 Å². The number of hydrogen-bond acceptors (Lipinski definition) is 6. The number of carbonyl (C=O) groups is 3. The van der Waals surface area contributed by atoms with Crippen molar-refractivity contribution in [2.45, 2.75) is 0 Å². The number of phenolic OH excluding ortho intramolecular Hbond substituents is 2. The maximum absolute atomic E-state index is 12.0. The Balaban J connectivity index is 2.13. The molecule has 4 N–H and O–H groups in total. The summed E-state index contributed by atoms with van der Waals surface area (Å²) in [6, 6.07) is 6.05. The first-order chi connectivity index (χ1) is 12.2. The molecule has 2 aromatic carbocycles. The Kier molecular flexibility index (Phi) is 5.91. The molecule has 0 unspecified atom stereocenters. The number of esters is 1. The van der Waals surface area contributed by atoms with Gasteiger partial charge in [-0.25, -0.2) is 4.79 Å². The van der Waals surface area contributed by atoms with Crippen molar-refractivity contribution >= 4 is 52.4 Å². The van der Waals surface area contributed by atoms with Crippen LogP contribution in [0, 0.1) is 0 Å². The van der Waals surface area contributed by atoms with Crippen LogP contribution in [0.25, 0.3) is 0 Å². The highest BCUT2D eigenvalue weighted by Gasteiger charge is 2.19. The molecule has 0 radical (unpaired) electrons. The van der Waals surface area contributed by atoms with E-state index in [2.05, 4.69) is 15.4 Å². The van der Waals surface area contributed by atoms with Gasteiger partial charge in [0, 0.05) is 5.02 Å². The number of benzene rings is 2. The molecule has 0 bridgehead atoms. The summed E-state index contributed by atoms with van der Waals surface area (Å²) in [6.07, 6.45) is 0. The molecule has 2 aromatic rings. The Hall–Kier alpha value is -2.97. The van der Waals surface area contributed by atoms with Crippen molar-refractivity contribution in [3.05, 3.63) is 45.9 Å². The summed E-state index contributed by atoms with van der Waals surface area (Å²) < 4.78 is 4.50. The molecule has 0 saturated carbocycles. The molecular formula is C16H12Cl2N2O6. The van der Waals surface area contributed by atoms with Crippen molar-refractivity contribution in [1.29, 1.82) is 0 Å².